The molecule has 1 saturated heterocycles. The molecule has 1 unspecified atom stereocenters. The molecule has 3 aromatic rings. The van der Waals surface area contributed by atoms with Crippen LogP contribution >= 0.6 is 23.2 Å². The largest absolute Gasteiger partial charge is 0.342 e. The van der Waals surface area contributed by atoms with Crippen molar-refractivity contribution >= 4 is 40.3 Å². The molecule has 0 aliphatic carbocycles. The first-order valence-electron chi connectivity index (χ1n) is 9.63. The molecular weight excluding hydrogens is 413 g/mol. The van der Waals surface area contributed by atoms with Gasteiger partial charge < -0.3 is 9.47 Å². The van der Waals surface area contributed by atoms with Gasteiger partial charge in [0.2, 0.25) is 5.95 Å². The summed E-state index contributed by atoms with van der Waals surface area (Å²) in [5, 5.41) is 0.918. The molecule has 1 atom stereocenters. The molecule has 0 radical (unpaired) electrons. The van der Waals surface area contributed by atoms with Gasteiger partial charge in [-0.1, -0.05) is 36.2 Å². The minimum Gasteiger partial charge on any atom is -0.342 e. The van der Waals surface area contributed by atoms with Crippen molar-refractivity contribution in [3.8, 4) is 0 Å². The number of imidazole rings is 1. The van der Waals surface area contributed by atoms with Crippen molar-refractivity contribution in [2.24, 2.45) is 20.0 Å². The number of aryl methyl sites for hydroxylation is 2. The number of anilines is 1. The van der Waals surface area contributed by atoms with Gasteiger partial charge in [0.1, 0.15) is 0 Å². The lowest BCUT2D eigenvalue weighted by Gasteiger charge is -2.31. The van der Waals surface area contributed by atoms with Gasteiger partial charge in [0.25, 0.3) is 5.56 Å². The Balaban J connectivity index is 1.86. The molecule has 9 heteroatoms. The number of benzene rings is 1. The molecule has 7 nitrogen and oxygen atoms in total. The molecule has 0 N–H and O–H groups in total. The molecule has 1 aliphatic rings. The molecule has 1 aromatic carbocycles. The molecule has 4 rings (SSSR count). The predicted molar refractivity (Wildman–Crippen MR) is 116 cm³/mol. The van der Waals surface area contributed by atoms with Gasteiger partial charge in [0.05, 0.1) is 6.54 Å². The van der Waals surface area contributed by atoms with E-state index < -0.39 is 5.69 Å². The Bertz CT molecular complexity index is 1210. The fraction of sp³-hybridized carbons (Fsp3) is 0.450. The second-order valence-electron chi connectivity index (χ2n) is 7.81. The molecule has 1 aliphatic heterocycles. The summed E-state index contributed by atoms with van der Waals surface area (Å²) in [4.78, 5) is 33.1. The second kappa shape index (κ2) is 7.54. The normalized spacial score (nSPS) is 17.3. The van der Waals surface area contributed by atoms with Crippen LogP contribution in [0.1, 0.15) is 25.3 Å². The third-order valence-corrected chi connectivity index (χ3v) is 6.21. The zero-order chi connectivity index (χ0) is 20.9. The molecule has 0 spiro atoms. The van der Waals surface area contributed by atoms with Crippen LogP contribution in [0.2, 0.25) is 10.0 Å². The molecule has 0 saturated carbocycles. The van der Waals surface area contributed by atoms with E-state index >= 15 is 0 Å². The second-order valence-corrected chi connectivity index (χ2v) is 8.65. The summed E-state index contributed by atoms with van der Waals surface area (Å²) in [6.45, 7) is 4.07. The fourth-order valence-corrected chi connectivity index (χ4v) is 4.51. The van der Waals surface area contributed by atoms with E-state index in [0.717, 1.165) is 25.5 Å². The van der Waals surface area contributed by atoms with E-state index in [2.05, 4.69) is 16.8 Å². The Kier molecular flexibility index (Phi) is 5.21. The first-order chi connectivity index (χ1) is 13.8. The maximum absolute atomic E-state index is 13.3. The number of hydrogen-bond acceptors (Lipinski definition) is 4. The number of halogens is 2. The van der Waals surface area contributed by atoms with Crippen molar-refractivity contribution in [3.63, 3.8) is 0 Å². The van der Waals surface area contributed by atoms with Crippen LogP contribution in [-0.4, -0.2) is 31.8 Å². The van der Waals surface area contributed by atoms with Gasteiger partial charge in [-0.2, -0.15) is 4.98 Å². The van der Waals surface area contributed by atoms with Gasteiger partial charge in [-0.15, -0.1) is 0 Å². The first kappa shape index (κ1) is 20.0. The molecule has 0 bridgehead atoms. The summed E-state index contributed by atoms with van der Waals surface area (Å²) in [5.41, 5.74) is 0.659. The average Bonchev–Trinajstić information content (AvgIpc) is 3.02. The highest BCUT2D eigenvalue weighted by Crippen LogP contribution is 2.24. The first-order valence-corrected chi connectivity index (χ1v) is 10.4. The molecule has 3 heterocycles. The Morgan fingerprint density at radius 3 is 2.62 bits per heavy atom. The Morgan fingerprint density at radius 1 is 1.17 bits per heavy atom. The number of rotatable bonds is 3. The number of aromatic nitrogens is 4. The summed E-state index contributed by atoms with van der Waals surface area (Å²) in [7, 11) is 3.47. The summed E-state index contributed by atoms with van der Waals surface area (Å²) in [5.74, 6) is 1.29. The minimum atomic E-state index is -0.426. The number of piperidine rings is 1. The smallest absolute Gasteiger partial charge is 0.332 e. The SMILES string of the molecule is CC1CCCN(c2nc3c(c(=O)n(Cc4ccc(Cl)cc4Cl)c(=O)n3C)n2C)C1. The van der Waals surface area contributed by atoms with E-state index in [1.807, 2.05) is 7.05 Å². The van der Waals surface area contributed by atoms with Gasteiger partial charge in [-0.3, -0.25) is 13.9 Å². The van der Waals surface area contributed by atoms with Crippen LogP contribution in [0.3, 0.4) is 0 Å². The maximum Gasteiger partial charge on any atom is 0.332 e. The van der Waals surface area contributed by atoms with Gasteiger partial charge in [-0.05, 0) is 36.5 Å². The molecule has 29 heavy (non-hydrogen) atoms. The van der Waals surface area contributed by atoms with Crippen LogP contribution < -0.4 is 16.1 Å². The Labute approximate surface area is 178 Å². The van der Waals surface area contributed by atoms with E-state index in [-0.39, 0.29) is 12.1 Å². The van der Waals surface area contributed by atoms with Crippen LogP contribution in [0.15, 0.2) is 27.8 Å². The number of nitrogens with zero attached hydrogens (tertiary/aromatic N) is 5. The summed E-state index contributed by atoms with van der Waals surface area (Å²) < 4.78 is 4.42. The van der Waals surface area contributed by atoms with Crippen molar-refractivity contribution in [1.29, 1.82) is 0 Å². The quantitative estimate of drug-likeness (QED) is 0.633. The molecule has 2 aromatic heterocycles. The highest BCUT2D eigenvalue weighted by atomic mass is 35.5. The van der Waals surface area contributed by atoms with E-state index in [9.17, 15) is 9.59 Å². The van der Waals surface area contributed by atoms with Crippen molar-refractivity contribution < 1.29 is 0 Å². The average molecular weight is 436 g/mol. The lowest BCUT2D eigenvalue weighted by atomic mass is 10.0. The highest BCUT2D eigenvalue weighted by Gasteiger charge is 2.24. The van der Waals surface area contributed by atoms with Crippen molar-refractivity contribution in [1.82, 2.24) is 18.7 Å². The zero-order valence-corrected chi connectivity index (χ0v) is 18.2. The molecule has 154 valence electrons. The van der Waals surface area contributed by atoms with E-state index in [1.165, 1.54) is 15.6 Å². The zero-order valence-electron chi connectivity index (χ0n) is 16.7. The predicted octanol–water partition coefficient (Wildman–Crippen LogP) is 3.03. The van der Waals surface area contributed by atoms with Crippen LogP contribution in [0.4, 0.5) is 5.95 Å². The van der Waals surface area contributed by atoms with Crippen LogP contribution in [0.25, 0.3) is 11.2 Å². The molecular formula is C20H23Cl2N5O2. The monoisotopic (exact) mass is 435 g/mol. The Hall–Kier alpha value is -2.25. The highest BCUT2D eigenvalue weighted by molar-refractivity contribution is 6.35. The van der Waals surface area contributed by atoms with Gasteiger partial charge in [0.15, 0.2) is 11.2 Å². The Morgan fingerprint density at radius 2 is 1.93 bits per heavy atom. The molecule has 0 amide bonds. The topological polar surface area (TPSA) is 65.1 Å². The third kappa shape index (κ3) is 3.46. The van der Waals surface area contributed by atoms with Crippen molar-refractivity contribution in [3.05, 3.63) is 54.6 Å². The van der Waals surface area contributed by atoms with E-state index in [0.29, 0.717) is 32.7 Å². The van der Waals surface area contributed by atoms with Gasteiger partial charge in [-0.25, -0.2) is 4.79 Å². The molecule has 1 fully saturated rings. The third-order valence-electron chi connectivity index (χ3n) is 5.62. The van der Waals surface area contributed by atoms with E-state index in [4.69, 9.17) is 23.2 Å². The number of hydrogen-bond donors (Lipinski definition) is 0. The lowest BCUT2D eigenvalue weighted by molar-refractivity contribution is 0.440. The summed E-state index contributed by atoms with van der Waals surface area (Å²) in [6, 6.07) is 5.02. The van der Waals surface area contributed by atoms with Crippen molar-refractivity contribution in [2.75, 3.05) is 18.0 Å². The maximum atomic E-state index is 13.3. The van der Waals surface area contributed by atoms with E-state index in [1.54, 1.807) is 29.8 Å². The van der Waals surface area contributed by atoms with Crippen LogP contribution in [0.5, 0.6) is 0 Å². The lowest BCUT2D eigenvalue weighted by Crippen LogP contribution is -2.40. The summed E-state index contributed by atoms with van der Waals surface area (Å²) in [6.07, 6.45) is 2.27. The fourth-order valence-electron chi connectivity index (χ4n) is 4.05. The van der Waals surface area contributed by atoms with Gasteiger partial charge in [0, 0.05) is 37.2 Å². The minimum absolute atomic E-state index is 0.0682. The van der Waals surface area contributed by atoms with Crippen molar-refractivity contribution in [2.45, 2.75) is 26.3 Å². The number of fused-ring (bicyclic) bond motifs is 1. The standard InChI is InChI=1S/C20H23Cl2N5O2/c1-12-5-4-8-26(10-12)19-23-17-16(24(19)2)18(28)27(20(29)25(17)3)11-13-6-7-14(21)9-15(13)22/h6-7,9,12H,4-5,8,10-11H2,1-3H3. The van der Waals surface area contributed by atoms with Crippen LogP contribution in [-0.2, 0) is 20.6 Å². The van der Waals surface area contributed by atoms with Crippen LogP contribution in [0, 0.1) is 5.92 Å². The van der Waals surface area contributed by atoms with Gasteiger partial charge >= 0.3 is 5.69 Å². The summed E-state index contributed by atoms with van der Waals surface area (Å²) >= 11 is 12.2.